The molecule has 2 N–H and O–H groups in total. The number of amides is 2. The highest BCUT2D eigenvalue weighted by Crippen LogP contribution is 2.12. The lowest BCUT2D eigenvalue weighted by atomic mass is 10.1. The second-order valence-electron chi connectivity index (χ2n) is 6.97. The van der Waals surface area contributed by atoms with E-state index in [0.717, 1.165) is 24.2 Å². The summed E-state index contributed by atoms with van der Waals surface area (Å²) in [4.78, 5) is 24.0. The second kappa shape index (κ2) is 11.8. The van der Waals surface area contributed by atoms with E-state index < -0.39 is 0 Å². The van der Waals surface area contributed by atoms with Gasteiger partial charge in [-0.05, 0) is 49.4 Å². The van der Waals surface area contributed by atoms with E-state index in [1.165, 1.54) is 5.56 Å². The summed E-state index contributed by atoms with van der Waals surface area (Å²) in [6.07, 6.45) is 3.09. The Balaban J connectivity index is 1.58. The van der Waals surface area contributed by atoms with Crippen molar-refractivity contribution in [3.63, 3.8) is 0 Å². The lowest BCUT2D eigenvalue weighted by molar-refractivity contribution is -0.122. The summed E-state index contributed by atoms with van der Waals surface area (Å²) >= 11 is 0. The Morgan fingerprint density at radius 2 is 1.68 bits per heavy atom. The smallest absolute Gasteiger partial charge is 0.220 e. The van der Waals surface area contributed by atoms with E-state index in [0.29, 0.717) is 25.8 Å². The molecule has 0 aromatic heterocycles. The molecule has 0 fully saturated rings. The van der Waals surface area contributed by atoms with E-state index in [2.05, 4.69) is 22.8 Å². The minimum Gasteiger partial charge on any atom is -0.497 e. The molecule has 2 aromatic carbocycles. The Kier molecular flexibility index (Phi) is 9.05. The van der Waals surface area contributed by atoms with Crippen LogP contribution >= 0.6 is 0 Å². The molecule has 2 amide bonds. The van der Waals surface area contributed by atoms with Crippen molar-refractivity contribution < 1.29 is 14.3 Å². The second-order valence-corrected chi connectivity index (χ2v) is 6.97. The maximum atomic E-state index is 12.0. The van der Waals surface area contributed by atoms with Gasteiger partial charge in [0.25, 0.3) is 0 Å². The SMILES string of the molecule is COc1cccc(CNC(=O)CCCC(=O)N[C@H](C)CCc2ccccc2)c1. The standard InChI is InChI=1S/C23H30N2O3/c1-18(14-15-19-8-4-3-5-9-19)25-23(27)13-7-12-22(26)24-17-20-10-6-11-21(16-20)28-2/h3-6,8-11,16,18H,7,12-15,17H2,1-2H3,(H,24,26)(H,25,27)/t18-/m1/s1. The van der Waals surface area contributed by atoms with Crippen LogP contribution in [0.15, 0.2) is 54.6 Å². The van der Waals surface area contributed by atoms with E-state index in [9.17, 15) is 9.59 Å². The van der Waals surface area contributed by atoms with Gasteiger partial charge in [0.1, 0.15) is 5.75 Å². The van der Waals surface area contributed by atoms with Gasteiger partial charge in [-0.1, -0.05) is 42.5 Å². The molecule has 0 unspecified atom stereocenters. The normalized spacial score (nSPS) is 11.5. The highest BCUT2D eigenvalue weighted by Gasteiger charge is 2.09. The zero-order chi connectivity index (χ0) is 20.2. The fourth-order valence-electron chi connectivity index (χ4n) is 2.93. The average molecular weight is 383 g/mol. The maximum absolute atomic E-state index is 12.0. The third-order valence-electron chi connectivity index (χ3n) is 4.55. The largest absolute Gasteiger partial charge is 0.497 e. The number of carbonyl (C=O) groups is 2. The van der Waals surface area contributed by atoms with Crippen molar-refractivity contribution >= 4 is 11.8 Å². The predicted molar refractivity (Wildman–Crippen MR) is 111 cm³/mol. The number of hydrogen-bond donors (Lipinski definition) is 2. The van der Waals surface area contributed by atoms with Crippen LogP contribution in [-0.2, 0) is 22.6 Å². The number of hydrogen-bond acceptors (Lipinski definition) is 3. The van der Waals surface area contributed by atoms with Crippen molar-refractivity contribution in [3.8, 4) is 5.75 Å². The van der Waals surface area contributed by atoms with Gasteiger partial charge in [0.05, 0.1) is 7.11 Å². The van der Waals surface area contributed by atoms with Gasteiger partial charge in [0.2, 0.25) is 11.8 Å². The number of nitrogens with one attached hydrogen (secondary N) is 2. The van der Waals surface area contributed by atoms with Crippen molar-refractivity contribution in [2.45, 2.75) is 51.6 Å². The van der Waals surface area contributed by atoms with Crippen LogP contribution in [0.1, 0.15) is 43.7 Å². The Bertz CT molecular complexity index is 747. The fraction of sp³-hybridized carbons (Fsp3) is 0.391. The van der Waals surface area contributed by atoms with Crippen molar-refractivity contribution in [1.82, 2.24) is 10.6 Å². The summed E-state index contributed by atoms with van der Waals surface area (Å²) in [6, 6.07) is 18.0. The van der Waals surface area contributed by atoms with Crippen LogP contribution in [0.2, 0.25) is 0 Å². The number of methoxy groups -OCH3 is 1. The first kappa shape index (κ1) is 21.5. The quantitative estimate of drug-likeness (QED) is 0.624. The van der Waals surface area contributed by atoms with Crippen LogP contribution < -0.4 is 15.4 Å². The highest BCUT2D eigenvalue weighted by molar-refractivity contribution is 5.79. The minimum atomic E-state index is -0.0484. The van der Waals surface area contributed by atoms with Gasteiger partial charge in [-0.3, -0.25) is 9.59 Å². The molecule has 0 heterocycles. The minimum absolute atomic E-state index is 0.00107. The Morgan fingerprint density at radius 3 is 2.43 bits per heavy atom. The first-order valence-electron chi connectivity index (χ1n) is 9.79. The van der Waals surface area contributed by atoms with E-state index in [-0.39, 0.29) is 17.9 Å². The summed E-state index contributed by atoms with van der Waals surface area (Å²) in [7, 11) is 1.62. The van der Waals surface area contributed by atoms with Crippen LogP contribution in [0.5, 0.6) is 5.75 Å². The molecule has 28 heavy (non-hydrogen) atoms. The molecular weight excluding hydrogens is 352 g/mol. The molecule has 0 radical (unpaired) electrons. The van der Waals surface area contributed by atoms with E-state index in [1.807, 2.05) is 49.4 Å². The Morgan fingerprint density at radius 1 is 0.964 bits per heavy atom. The predicted octanol–water partition coefficient (Wildman–Crippen LogP) is 3.62. The van der Waals surface area contributed by atoms with Gasteiger partial charge >= 0.3 is 0 Å². The zero-order valence-electron chi connectivity index (χ0n) is 16.7. The van der Waals surface area contributed by atoms with Crippen molar-refractivity contribution in [1.29, 1.82) is 0 Å². The Labute approximate surface area is 167 Å². The molecule has 0 bridgehead atoms. The first-order valence-corrected chi connectivity index (χ1v) is 9.79. The van der Waals surface area contributed by atoms with Gasteiger partial charge < -0.3 is 15.4 Å². The zero-order valence-corrected chi connectivity index (χ0v) is 16.7. The molecule has 0 spiro atoms. The van der Waals surface area contributed by atoms with Crippen LogP contribution in [0.3, 0.4) is 0 Å². The lowest BCUT2D eigenvalue weighted by Crippen LogP contribution is -2.33. The summed E-state index contributed by atoms with van der Waals surface area (Å²) < 4.78 is 5.17. The number of ether oxygens (including phenoxy) is 1. The summed E-state index contributed by atoms with van der Waals surface area (Å²) in [5, 5.41) is 5.89. The Hall–Kier alpha value is -2.82. The third-order valence-corrected chi connectivity index (χ3v) is 4.55. The van der Waals surface area contributed by atoms with E-state index in [1.54, 1.807) is 7.11 Å². The molecule has 0 saturated heterocycles. The number of aryl methyl sites for hydroxylation is 1. The molecular formula is C23H30N2O3. The molecule has 0 aliphatic rings. The molecule has 0 aliphatic heterocycles. The summed E-state index contributed by atoms with van der Waals surface area (Å²) in [5.41, 5.74) is 2.26. The van der Waals surface area contributed by atoms with Crippen LogP contribution in [-0.4, -0.2) is 25.0 Å². The molecule has 1 atom stereocenters. The average Bonchev–Trinajstić information content (AvgIpc) is 2.71. The number of benzene rings is 2. The molecule has 2 rings (SSSR count). The van der Waals surface area contributed by atoms with Crippen molar-refractivity contribution in [2.24, 2.45) is 0 Å². The topological polar surface area (TPSA) is 67.4 Å². The van der Waals surface area contributed by atoms with Crippen molar-refractivity contribution in [2.75, 3.05) is 7.11 Å². The van der Waals surface area contributed by atoms with E-state index in [4.69, 9.17) is 4.74 Å². The third kappa shape index (κ3) is 8.25. The lowest BCUT2D eigenvalue weighted by Gasteiger charge is -2.14. The van der Waals surface area contributed by atoms with Crippen LogP contribution in [0, 0.1) is 0 Å². The molecule has 0 aliphatic carbocycles. The molecule has 2 aromatic rings. The number of rotatable bonds is 11. The monoisotopic (exact) mass is 382 g/mol. The molecule has 5 heteroatoms. The van der Waals surface area contributed by atoms with E-state index >= 15 is 0 Å². The molecule has 5 nitrogen and oxygen atoms in total. The van der Waals surface area contributed by atoms with Gasteiger partial charge in [0.15, 0.2) is 0 Å². The van der Waals surface area contributed by atoms with Crippen LogP contribution in [0.25, 0.3) is 0 Å². The number of carbonyl (C=O) groups excluding carboxylic acids is 2. The van der Waals surface area contributed by atoms with Gasteiger partial charge in [-0.25, -0.2) is 0 Å². The van der Waals surface area contributed by atoms with Gasteiger partial charge in [-0.15, -0.1) is 0 Å². The molecule has 0 saturated carbocycles. The van der Waals surface area contributed by atoms with Gasteiger partial charge in [-0.2, -0.15) is 0 Å². The molecule has 150 valence electrons. The summed E-state index contributed by atoms with van der Waals surface area (Å²) in [6.45, 7) is 2.47. The van der Waals surface area contributed by atoms with Crippen molar-refractivity contribution in [3.05, 3.63) is 65.7 Å². The first-order chi connectivity index (χ1) is 13.6. The maximum Gasteiger partial charge on any atom is 0.220 e. The van der Waals surface area contributed by atoms with Crippen LogP contribution in [0.4, 0.5) is 0 Å². The van der Waals surface area contributed by atoms with Gasteiger partial charge in [0, 0.05) is 25.4 Å². The fourth-order valence-corrected chi connectivity index (χ4v) is 2.93. The summed E-state index contributed by atoms with van der Waals surface area (Å²) in [5.74, 6) is 0.721. The highest BCUT2D eigenvalue weighted by atomic mass is 16.5.